The first-order valence-corrected chi connectivity index (χ1v) is 5.74. The first-order valence-electron chi connectivity index (χ1n) is 5.74. The van der Waals surface area contributed by atoms with E-state index in [1.807, 2.05) is 0 Å². The molecule has 0 aliphatic heterocycles. The standard InChI is InChI=1S/C12H28N2/c1-6-11(2,3)9-12(4,5)10-14-8-7-13/h14H,6-10,13H2,1-5H3. The number of hydrogen-bond donors (Lipinski definition) is 2. The molecule has 0 aromatic heterocycles. The van der Waals surface area contributed by atoms with Gasteiger partial charge in [0.05, 0.1) is 0 Å². The summed E-state index contributed by atoms with van der Waals surface area (Å²) in [6.45, 7) is 14.3. The largest absolute Gasteiger partial charge is 0.329 e. The quantitative estimate of drug-likeness (QED) is 0.619. The van der Waals surface area contributed by atoms with Gasteiger partial charge < -0.3 is 11.1 Å². The highest BCUT2D eigenvalue weighted by Gasteiger charge is 2.26. The molecule has 0 aromatic carbocycles. The molecule has 0 bridgehead atoms. The van der Waals surface area contributed by atoms with Gasteiger partial charge in [0.1, 0.15) is 0 Å². The van der Waals surface area contributed by atoms with Crippen LogP contribution in [0.1, 0.15) is 47.5 Å². The molecule has 0 saturated heterocycles. The lowest BCUT2D eigenvalue weighted by Crippen LogP contribution is -2.35. The zero-order chi connectivity index (χ0) is 11.2. The number of hydrogen-bond acceptors (Lipinski definition) is 2. The van der Waals surface area contributed by atoms with Crippen LogP contribution in [0.2, 0.25) is 0 Å². The van der Waals surface area contributed by atoms with Crippen LogP contribution in [0.5, 0.6) is 0 Å². The smallest absolute Gasteiger partial charge is 0.00747 e. The summed E-state index contributed by atoms with van der Waals surface area (Å²) < 4.78 is 0. The summed E-state index contributed by atoms with van der Waals surface area (Å²) in [6, 6.07) is 0. The van der Waals surface area contributed by atoms with Crippen LogP contribution in [0.4, 0.5) is 0 Å². The first kappa shape index (κ1) is 13.9. The van der Waals surface area contributed by atoms with E-state index in [1.165, 1.54) is 12.8 Å². The van der Waals surface area contributed by atoms with Crippen molar-refractivity contribution in [1.29, 1.82) is 0 Å². The highest BCUT2D eigenvalue weighted by molar-refractivity contribution is 4.80. The Bertz CT molecular complexity index is 150. The molecule has 2 nitrogen and oxygen atoms in total. The predicted molar refractivity (Wildman–Crippen MR) is 64.4 cm³/mol. The van der Waals surface area contributed by atoms with Gasteiger partial charge in [0.25, 0.3) is 0 Å². The van der Waals surface area contributed by atoms with Crippen LogP contribution in [0.15, 0.2) is 0 Å². The third kappa shape index (κ3) is 6.39. The monoisotopic (exact) mass is 200 g/mol. The van der Waals surface area contributed by atoms with Gasteiger partial charge in [0.2, 0.25) is 0 Å². The molecule has 0 unspecified atom stereocenters. The van der Waals surface area contributed by atoms with Crippen LogP contribution >= 0.6 is 0 Å². The third-order valence-electron chi connectivity index (χ3n) is 2.84. The van der Waals surface area contributed by atoms with Crippen LogP contribution in [0.3, 0.4) is 0 Å². The zero-order valence-corrected chi connectivity index (χ0v) is 10.6. The summed E-state index contributed by atoms with van der Waals surface area (Å²) in [5.74, 6) is 0. The van der Waals surface area contributed by atoms with Crippen LogP contribution in [0.25, 0.3) is 0 Å². The van der Waals surface area contributed by atoms with Gasteiger partial charge in [0, 0.05) is 19.6 Å². The molecule has 2 heteroatoms. The second-order valence-corrected chi connectivity index (χ2v) is 5.82. The zero-order valence-electron chi connectivity index (χ0n) is 10.6. The summed E-state index contributed by atoms with van der Waals surface area (Å²) >= 11 is 0. The summed E-state index contributed by atoms with van der Waals surface area (Å²) in [4.78, 5) is 0. The van der Waals surface area contributed by atoms with Crippen molar-refractivity contribution in [2.75, 3.05) is 19.6 Å². The maximum atomic E-state index is 5.45. The summed E-state index contributed by atoms with van der Waals surface area (Å²) in [7, 11) is 0. The van der Waals surface area contributed by atoms with E-state index in [0.29, 0.717) is 10.8 Å². The number of nitrogens with one attached hydrogen (secondary N) is 1. The van der Waals surface area contributed by atoms with Gasteiger partial charge in [-0.15, -0.1) is 0 Å². The number of rotatable bonds is 7. The topological polar surface area (TPSA) is 38.0 Å². The van der Waals surface area contributed by atoms with Gasteiger partial charge in [-0.1, -0.05) is 41.0 Å². The maximum absolute atomic E-state index is 5.45. The molecule has 3 N–H and O–H groups in total. The first-order chi connectivity index (χ1) is 6.33. The van der Waals surface area contributed by atoms with E-state index < -0.39 is 0 Å². The average molecular weight is 200 g/mol. The second kappa shape index (κ2) is 5.72. The SMILES string of the molecule is CCC(C)(C)CC(C)(C)CNCCN. The fraction of sp³-hybridized carbons (Fsp3) is 1.00. The Kier molecular flexibility index (Phi) is 5.68. The molecule has 0 aromatic rings. The second-order valence-electron chi connectivity index (χ2n) is 5.82. The van der Waals surface area contributed by atoms with Crippen LogP contribution in [0, 0.1) is 10.8 Å². The van der Waals surface area contributed by atoms with Crippen molar-refractivity contribution >= 4 is 0 Å². The van der Waals surface area contributed by atoms with Gasteiger partial charge in [-0.05, 0) is 17.3 Å². The molecule has 0 heterocycles. The summed E-state index contributed by atoms with van der Waals surface area (Å²) in [6.07, 6.45) is 2.50. The van der Waals surface area contributed by atoms with E-state index in [4.69, 9.17) is 5.73 Å². The van der Waals surface area contributed by atoms with E-state index in [-0.39, 0.29) is 0 Å². The molecular formula is C12H28N2. The average Bonchev–Trinajstić information content (AvgIpc) is 2.03. The van der Waals surface area contributed by atoms with Crippen LogP contribution in [-0.2, 0) is 0 Å². The fourth-order valence-corrected chi connectivity index (χ4v) is 2.01. The van der Waals surface area contributed by atoms with E-state index in [0.717, 1.165) is 19.6 Å². The normalized spacial score (nSPS) is 13.3. The van der Waals surface area contributed by atoms with Crippen molar-refractivity contribution in [3.8, 4) is 0 Å². The third-order valence-corrected chi connectivity index (χ3v) is 2.84. The molecule has 0 aliphatic rings. The molecule has 0 saturated carbocycles. The Morgan fingerprint density at radius 1 is 1.07 bits per heavy atom. The fourth-order valence-electron chi connectivity index (χ4n) is 2.01. The van der Waals surface area contributed by atoms with E-state index in [9.17, 15) is 0 Å². The molecule has 0 radical (unpaired) electrons. The van der Waals surface area contributed by atoms with Gasteiger partial charge in [-0.3, -0.25) is 0 Å². The lowest BCUT2D eigenvalue weighted by Gasteiger charge is -2.34. The molecule has 14 heavy (non-hydrogen) atoms. The van der Waals surface area contributed by atoms with Crippen molar-refractivity contribution in [1.82, 2.24) is 5.32 Å². The number of nitrogens with two attached hydrogens (primary N) is 1. The van der Waals surface area contributed by atoms with E-state index >= 15 is 0 Å². The van der Waals surface area contributed by atoms with Crippen LogP contribution in [-0.4, -0.2) is 19.6 Å². The molecular weight excluding hydrogens is 172 g/mol. The highest BCUT2D eigenvalue weighted by Crippen LogP contribution is 2.35. The van der Waals surface area contributed by atoms with E-state index in [2.05, 4.69) is 39.9 Å². The maximum Gasteiger partial charge on any atom is 0.00747 e. The van der Waals surface area contributed by atoms with Gasteiger partial charge in [-0.2, -0.15) is 0 Å². The van der Waals surface area contributed by atoms with Crippen molar-refractivity contribution in [3.05, 3.63) is 0 Å². The Morgan fingerprint density at radius 2 is 1.64 bits per heavy atom. The molecule has 0 aliphatic carbocycles. The molecule has 0 rings (SSSR count). The predicted octanol–water partition coefficient (Wildman–Crippen LogP) is 2.39. The minimum atomic E-state index is 0.370. The van der Waals surface area contributed by atoms with Crippen molar-refractivity contribution < 1.29 is 0 Å². The lowest BCUT2D eigenvalue weighted by atomic mass is 9.74. The van der Waals surface area contributed by atoms with Crippen LogP contribution < -0.4 is 11.1 Å². The Labute approximate surface area is 89.6 Å². The van der Waals surface area contributed by atoms with Gasteiger partial charge in [0.15, 0.2) is 0 Å². The van der Waals surface area contributed by atoms with Crippen molar-refractivity contribution in [3.63, 3.8) is 0 Å². The molecule has 86 valence electrons. The lowest BCUT2D eigenvalue weighted by molar-refractivity contribution is 0.184. The van der Waals surface area contributed by atoms with E-state index in [1.54, 1.807) is 0 Å². The minimum absolute atomic E-state index is 0.370. The van der Waals surface area contributed by atoms with Crippen molar-refractivity contribution in [2.45, 2.75) is 47.5 Å². The Balaban J connectivity index is 3.93. The molecule has 0 amide bonds. The Hall–Kier alpha value is -0.0800. The summed E-state index contributed by atoms with van der Waals surface area (Å²) in [5, 5.41) is 3.40. The van der Waals surface area contributed by atoms with Crippen molar-refractivity contribution in [2.24, 2.45) is 16.6 Å². The minimum Gasteiger partial charge on any atom is -0.329 e. The van der Waals surface area contributed by atoms with Gasteiger partial charge in [-0.25, -0.2) is 0 Å². The summed E-state index contributed by atoms with van der Waals surface area (Å²) in [5.41, 5.74) is 6.27. The molecule has 0 spiro atoms. The Morgan fingerprint density at radius 3 is 2.07 bits per heavy atom. The highest BCUT2D eigenvalue weighted by atomic mass is 14.9. The molecule has 0 fully saturated rings. The molecule has 0 atom stereocenters. The van der Waals surface area contributed by atoms with Gasteiger partial charge >= 0.3 is 0 Å².